The van der Waals surface area contributed by atoms with Crippen LogP contribution in [0.5, 0.6) is 0 Å². The second-order valence-corrected chi connectivity index (χ2v) is 6.85. The van der Waals surface area contributed by atoms with Gasteiger partial charge in [0.05, 0.1) is 5.69 Å². The van der Waals surface area contributed by atoms with E-state index < -0.39 is 10.8 Å². The zero-order valence-electron chi connectivity index (χ0n) is 11.5. The molecule has 1 fully saturated rings. The summed E-state index contributed by atoms with van der Waals surface area (Å²) in [6.45, 7) is 6.16. The summed E-state index contributed by atoms with van der Waals surface area (Å²) in [4.78, 5) is 1.98. The van der Waals surface area contributed by atoms with Gasteiger partial charge in [0, 0.05) is 48.0 Å². The fourth-order valence-electron chi connectivity index (χ4n) is 2.12. The van der Waals surface area contributed by atoms with Crippen molar-refractivity contribution in [2.45, 2.75) is 26.4 Å². The third-order valence-corrected chi connectivity index (χ3v) is 4.52. The number of nitrogens with zero attached hydrogens (tertiary/aromatic N) is 1. The van der Waals surface area contributed by atoms with Crippen molar-refractivity contribution in [3.05, 3.63) is 29.6 Å². The third kappa shape index (κ3) is 4.01. The van der Waals surface area contributed by atoms with Crippen LogP contribution in [0.4, 0.5) is 10.1 Å². The second-order valence-electron chi connectivity index (χ2n) is 5.16. The Balaban J connectivity index is 2.04. The minimum absolute atomic E-state index is 0.185. The number of nitrogens with one attached hydrogen (secondary N) is 1. The lowest BCUT2D eigenvalue weighted by atomic mass is 10.1. The highest BCUT2D eigenvalue weighted by Crippen LogP contribution is 2.22. The molecule has 1 aromatic rings. The second kappa shape index (κ2) is 6.48. The Labute approximate surface area is 116 Å². The molecule has 0 atom stereocenters. The normalized spacial score (nSPS) is 17.2. The summed E-state index contributed by atoms with van der Waals surface area (Å²) in [6.07, 6.45) is 0. The van der Waals surface area contributed by atoms with E-state index in [1.807, 2.05) is 17.0 Å². The first kappa shape index (κ1) is 14.5. The number of halogens is 1. The maximum Gasteiger partial charge on any atom is 0.146 e. The van der Waals surface area contributed by atoms with E-state index in [0.29, 0.717) is 42.9 Å². The van der Waals surface area contributed by atoms with E-state index in [1.165, 1.54) is 0 Å². The van der Waals surface area contributed by atoms with Gasteiger partial charge in [0.2, 0.25) is 0 Å². The molecule has 19 heavy (non-hydrogen) atoms. The first-order valence-corrected chi connectivity index (χ1v) is 8.17. The van der Waals surface area contributed by atoms with Crippen molar-refractivity contribution in [3.8, 4) is 0 Å². The summed E-state index contributed by atoms with van der Waals surface area (Å²) >= 11 is 0. The van der Waals surface area contributed by atoms with Gasteiger partial charge in [-0.3, -0.25) is 4.21 Å². The van der Waals surface area contributed by atoms with E-state index in [9.17, 15) is 8.60 Å². The Kier molecular flexibility index (Phi) is 4.93. The molecular formula is C14H21FN2OS. The average Bonchev–Trinajstić information content (AvgIpc) is 2.38. The Morgan fingerprint density at radius 3 is 2.63 bits per heavy atom. The van der Waals surface area contributed by atoms with Crippen LogP contribution in [0.15, 0.2) is 18.2 Å². The Morgan fingerprint density at radius 2 is 2.05 bits per heavy atom. The van der Waals surface area contributed by atoms with Crippen molar-refractivity contribution in [1.29, 1.82) is 0 Å². The van der Waals surface area contributed by atoms with Crippen molar-refractivity contribution < 1.29 is 8.60 Å². The fraction of sp³-hybridized carbons (Fsp3) is 0.571. The van der Waals surface area contributed by atoms with Crippen LogP contribution in [0.2, 0.25) is 0 Å². The quantitative estimate of drug-likeness (QED) is 0.916. The predicted molar refractivity (Wildman–Crippen MR) is 78.5 cm³/mol. The first-order valence-electron chi connectivity index (χ1n) is 6.68. The molecule has 1 N–H and O–H groups in total. The molecule has 0 saturated carbocycles. The van der Waals surface area contributed by atoms with E-state index in [0.717, 1.165) is 5.56 Å². The Bertz CT molecular complexity index is 455. The predicted octanol–water partition coefficient (Wildman–Crippen LogP) is 1.89. The number of anilines is 1. The molecule has 0 aliphatic carbocycles. The van der Waals surface area contributed by atoms with Gasteiger partial charge in [0.1, 0.15) is 5.82 Å². The summed E-state index contributed by atoms with van der Waals surface area (Å²) < 4.78 is 25.4. The van der Waals surface area contributed by atoms with Gasteiger partial charge in [-0.25, -0.2) is 4.39 Å². The molecule has 0 radical (unpaired) electrons. The molecule has 0 aromatic heterocycles. The van der Waals surface area contributed by atoms with Crippen molar-refractivity contribution in [2.24, 2.45) is 0 Å². The van der Waals surface area contributed by atoms with Crippen LogP contribution in [0.1, 0.15) is 19.4 Å². The molecule has 106 valence electrons. The maximum absolute atomic E-state index is 14.1. The highest BCUT2D eigenvalue weighted by Gasteiger charge is 2.18. The molecule has 0 amide bonds. The molecule has 0 unspecified atom stereocenters. The number of hydrogen-bond donors (Lipinski definition) is 1. The van der Waals surface area contributed by atoms with Crippen molar-refractivity contribution in [2.75, 3.05) is 29.5 Å². The zero-order chi connectivity index (χ0) is 13.8. The largest absolute Gasteiger partial charge is 0.367 e. The highest BCUT2D eigenvalue weighted by atomic mass is 32.2. The molecule has 1 aliphatic heterocycles. The number of rotatable bonds is 4. The van der Waals surface area contributed by atoms with E-state index in [1.54, 1.807) is 6.07 Å². The van der Waals surface area contributed by atoms with Gasteiger partial charge in [0.15, 0.2) is 0 Å². The minimum Gasteiger partial charge on any atom is -0.367 e. The molecule has 0 spiro atoms. The molecule has 1 aromatic carbocycles. The summed E-state index contributed by atoms with van der Waals surface area (Å²) in [5.74, 6) is 1.09. The van der Waals surface area contributed by atoms with E-state index in [2.05, 4.69) is 19.2 Å². The average molecular weight is 284 g/mol. The molecule has 2 rings (SSSR count). The van der Waals surface area contributed by atoms with Crippen molar-refractivity contribution in [3.63, 3.8) is 0 Å². The number of hydrogen-bond acceptors (Lipinski definition) is 3. The lowest BCUT2D eigenvalue weighted by Gasteiger charge is -2.28. The monoisotopic (exact) mass is 284 g/mol. The van der Waals surface area contributed by atoms with Crippen LogP contribution in [0, 0.1) is 5.82 Å². The van der Waals surface area contributed by atoms with Crippen LogP contribution in [0.25, 0.3) is 0 Å². The summed E-state index contributed by atoms with van der Waals surface area (Å²) in [7, 11) is -0.728. The highest BCUT2D eigenvalue weighted by molar-refractivity contribution is 7.85. The van der Waals surface area contributed by atoms with Gasteiger partial charge in [0.25, 0.3) is 0 Å². The smallest absolute Gasteiger partial charge is 0.146 e. The van der Waals surface area contributed by atoms with Crippen molar-refractivity contribution >= 4 is 16.5 Å². The van der Waals surface area contributed by atoms with Gasteiger partial charge in [-0.1, -0.05) is 19.9 Å². The summed E-state index contributed by atoms with van der Waals surface area (Å²) in [5, 5.41) is 3.27. The molecule has 3 nitrogen and oxygen atoms in total. The van der Waals surface area contributed by atoms with Gasteiger partial charge < -0.3 is 10.2 Å². The number of benzene rings is 1. The standard InChI is InChI=1S/C14H21FN2OS/c1-11(2)16-10-12-3-4-14(13(15)9-12)17-5-7-19(18)8-6-17/h3-4,9,11,16H,5-8,10H2,1-2H3. The van der Waals surface area contributed by atoms with Crippen molar-refractivity contribution in [1.82, 2.24) is 5.32 Å². The molecule has 1 aliphatic rings. The molecule has 1 heterocycles. The molecule has 5 heteroatoms. The van der Waals surface area contributed by atoms with E-state index in [-0.39, 0.29) is 5.82 Å². The topological polar surface area (TPSA) is 32.3 Å². The van der Waals surface area contributed by atoms with Crippen LogP contribution in [-0.4, -0.2) is 34.8 Å². The SMILES string of the molecule is CC(C)NCc1ccc(N2CCS(=O)CC2)c(F)c1. The van der Waals surface area contributed by atoms with Gasteiger partial charge in [-0.05, 0) is 17.7 Å². The first-order chi connectivity index (χ1) is 9.06. The van der Waals surface area contributed by atoms with Crippen LogP contribution in [-0.2, 0) is 17.3 Å². The zero-order valence-corrected chi connectivity index (χ0v) is 12.3. The molecular weight excluding hydrogens is 263 g/mol. The Morgan fingerprint density at radius 1 is 1.37 bits per heavy atom. The van der Waals surface area contributed by atoms with Gasteiger partial charge >= 0.3 is 0 Å². The van der Waals surface area contributed by atoms with Crippen LogP contribution in [0.3, 0.4) is 0 Å². The van der Waals surface area contributed by atoms with Crippen LogP contribution < -0.4 is 10.2 Å². The van der Waals surface area contributed by atoms with E-state index >= 15 is 0 Å². The van der Waals surface area contributed by atoms with Gasteiger partial charge in [-0.15, -0.1) is 0 Å². The third-order valence-electron chi connectivity index (χ3n) is 3.24. The summed E-state index contributed by atoms with van der Waals surface area (Å²) in [6, 6.07) is 5.77. The van der Waals surface area contributed by atoms with Crippen LogP contribution >= 0.6 is 0 Å². The molecule has 0 bridgehead atoms. The van der Waals surface area contributed by atoms with Gasteiger partial charge in [-0.2, -0.15) is 0 Å². The summed E-state index contributed by atoms with van der Waals surface area (Å²) in [5.41, 5.74) is 1.58. The maximum atomic E-state index is 14.1. The molecule has 1 saturated heterocycles. The fourth-order valence-corrected chi connectivity index (χ4v) is 3.17. The van der Waals surface area contributed by atoms with E-state index in [4.69, 9.17) is 0 Å². The Hall–Kier alpha value is -0.940. The minimum atomic E-state index is -0.728. The lowest BCUT2D eigenvalue weighted by molar-refractivity contribution is 0.580. The lowest BCUT2D eigenvalue weighted by Crippen LogP contribution is -2.38.